The van der Waals surface area contributed by atoms with Crippen molar-refractivity contribution in [1.82, 2.24) is 9.97 Å². The molecular formula is C17H14FN3OS2. The summed E-state index contributed by atoms with van der Waals surface area (Å²) in [5.41, 5.74) is 1.78. The van der Waals surface area contributed by atoms with Crippen LogP contribution < -0.4 is 5.32 Å². The number of anilines is 1. The fourth-order valence-corrected chi connectivity index (χ4v) is 3.55. The molecule has 2 aromatic heterocycles. The second-order valence-corrected chi connectivity index (χ2v) is 6.90. The fourth-order valence-electron chi connectivity index (χ4n) is 1.96. The number of aromatic nitrogens is 2. The maximum Gasteiger partial charge on any atom is 0.226 e. The number of nitrogens with zero attached hydrogens (tertiary/aromatic N) is 2. The van der Waals surface area contributed by atoms with Crippen molar-refractivity contribution >= 4 is 34.1 Å². The predicted molar refractivity (Wildman–Crippen MR) is 95.7 cm³/mol. The highest BCUT2D eigenvalue weighted by Gasteiger charge is 2.08. The lowest BCUT2D eigenvalue weighted by Crippen LogP contribution is -2.11. The topological polar surface area (TPSA) is 54.9 Å². The second-order valence-electron chi connectivity index (χ2n) is 4.87. The van der Waals surface area contributed by atoms with Crippen LogP contribution in [-0.4, -0.2) is 21.6 Å². The summed E-state index contributed by atoms with van der Waals surface area (Å²) in [5, 5.41) is 5.29. The molecule has 0 saturated carbocycles. The van der Waals surface area contributed by atoms with Crippen LogP contribution in [0.1, 0.15) is 6.42 Å². The predicted octanol–water partition coefficient (Wildman–Crippen LogP) is 4.47. The molecule has 3 rings (SSSR count). The third-order valence-corrected chi connectivity index (χ3v) is 4.91. The van der Waals surface area contributed by atoms with E-state index in [1.54, 1.807) is 24.5 Å². The minimum Gasteiger partial charge on any atom is -0.302 e. The molecule has 0 spiro atoms. The van der Waals surface area contributed by atoms with Gasteiger partial charge in [-0.1, -0.05) is 0 Å². The Morgan fingerprint density at radius 3 is 2.67 bits per heavy atom. The third-order valence-electron chi connectivity index (χ3n) is 3.14. The van der Waals surface area contributed by atoms with Gasteiger partial charge in [-0.2, -0.15) is 0 Å². The lowest BCUT2D eigenvalue weighted by Gasteiger charge is -2.02. The lowest BCUT2D eigenvalue weighted by atomic mass is 10.2. The molecule has 0 atom stereocenters. The van der Waals surface area contributed by atoms with Gasteiger partial charge in [-0.15, -0.1) is 23.1 Å². The van der Waals surface area contributed by atoms with Gasteiger partial charge in [0.1, 0.15) is 5.82 Å². The van der Waals surface area contributed by atoms with Crippen molar-refractivity contribution in [1.29, 1.82) is 0 Å². The van der Waals surface area contributed by atoms with E-state index in [0.717, 1.165) is 16.2 Å². The summed E-state index contributed by atoms with van der Waals surface area (Å²) < 4.78 is 12.8. The van der Waals surface area contributed by atoms with Gasteiger partial charge in [0.25, 0.3) is 0 Å². The maximum atomic E-state index is 12.8. The molecule has 24 heavy (non-hydrogen) atoms. The van der Waals surface area contributed by atoms with E-state index in [9.17, 15) is 9.18 Å². The number of amides is 1. The van der Waals surface area contributed by atoms with E-state index >= 15 is 0 Å². The Bertz CT molecular complexity index is 806. The fraction of sp³-hybridized carbons (Fsp3) is 0.118. The van der Waals surface area contributed by atoms with Gasteiger partial charge >= 0.3 is 0 Å². The van der Waals surface area contributed by atoms with Crippen molar-refractivity contribution in [2.75, 3.05) is 11.1 Å². The summed E-state index contributed by atoms with van der Waals surface area (Å²) in [6.45, 7) is 0. The normalized spacial score (nSPS) is 10.5. The van der Waals surface area contributed by atoms with Crippen molar-refractivity contribution < 1.29 is 9.18 Å². The van der Waals surface area contributed by atoms with Gasteiger partial charge in [0, 0.05) is 40.4 Å². The zero-order valence-electron chi connectivity index (χ0n) is 12.6. The summed E-state index contributed by atoms with van der Waals surface area (Å²) in [5.74, 6) is 0.283. The number of carbonyl (C=O) groups excluding carboxylic acids is 1. The van der Waals surface area contributed by atoms with Gasteiger partial charge in [-0.25, -0.2) is 9.37 Å². The highest BCUT2D eigenvalue weighted by molar-refractivity contribution is 7.99. The first kappa shape index (κ1) is 16.6. The largest absolute Gasteiger partial charge is 0.302 e. The molecule has 122 valence electrons. The average Bonchev–Trinajstić information content (AvgIpc) is 3.06. The van der Waals surface area contributed by atoms with Crippen LogP contribution in [0.4, 0.5) is 9.52 Å². The molecule has 7 heteroatoms. The Labute approximate surface area is 147 Å². The molecule has 1 N–H and O–H groups in total. The highest BCUT2D eigenvalue weighted by atomic mass is 32.2. The summed E-state index contributed by atoms with van der Waals surface area (Å²) in [6.07, 6.45) is 3.78. The van der Waals surface area contributed by atoms with Crippen LogP contribution >= 0.6 is 23.1 Å². The summed E-state index contributed by atoms with van der Waals surface area (Å²) in [4.78, 5) is 21.3. The van der Waals surface area contributed by atoms with Crippen molar-refractivity contribution in [2.45, 2.75) is 11.3 Å². The van der Waals surface area contributed by atoms with Crippen LogP contribution in [-0.2, 0) is 4.79 Å². The molecule has 0 saturated heterocycles. The molecule has 0 radical (unpaired) electrons. The van der Waals surface area contributed by atoms with Crippen LogP contribution in [0.3, 0.4) is 0 Å². The number of halogens is 1. The lowest BCUT2D eigenvalue weighted by molar-refractivity contribution is -0.115. The van der Waals surface area contributed by atoms with E-state index in [-0.39, 0.29) is 11.7 Å². The molecule has 4 nitrogen and oxygen atoms in total. The van der Waals surface area contributed by atoms with Gasteiger partial charge in [-0.3, -0.25) is 9.78 Å². The Hall–Kier alpha value is -2.25. The number of hydrogen-bond acceptors (Lipinski definition) is 5. The summed E-state index contributed by atoms with van der Waals surface area (Å²) >= 11 is 2.91. The van der Waals surface area contributed by atoms with E-state index in [2.05, 4.69) is 15.3 Å². The van der Waals surface area contributed by atoms with Crippen LogP contribution in [0, 0.1) is 5.82 Å². The molecule has 0 fully saturated rings. The Morgan fingerprint density at radius 1 is 1.17 bits per heavy atom. The van der Waals surface area contributed by atoms with E-state index in [4.69, 9.17) is 0 Å². The van der Waals surface area contributed by atoms with Crippen LogP contribution in [0.25, 0.3) is 11.3 Å². The average molecular weight is 359 g/mol. The molecule has 0 aliphatic heterocycles. The number of thiazole rings is 1. The maximum absolute atomic E-state index is 12.8. The number of benzene rings is 1. The van der Waals surface area contributed by atoms with Crippen molar-refractivity contribution in [3.8, 4) is 11.3 Å². The number of carbonyl (C=O) groups is 1. The Balaban J connectivity index is 1.48. The van der Waals surface area contributed by atoms with Gasteiger partial charge in [0.05, 0.1) is 5.69 Å². The molecule has 0 aliphatic rings. The number of thioether (sulfide) groups is 1. The molecule has 0 aliphatic carbocycles. The molecular weight excluding hydrogens is 345 g/mol. The van der Waals surface area contributed by atoms with E-state index in [1.165, 1.54) is 35.2 Å². The quantitative estimate of drug-likeness (QED) is 0.660. The standard InChI is InChI=1S/C17H14FN3OS2/c18-13-1-3-14(4-2-13)23-10-7-16(22)21-17-20-15(11-24-17)12-5-8-19-9-6-12/h1-6,8-9,11H,7,10H2,(H,20,21,22). The number of nitrogens with one attached hydrogen (secondary N) is 1. The monoisotopic (exact) mass is 359 g/mol. The minimum absolute atomic E-state index is 0.0831. The molecule has 0 bridgehead atoms. The molecule has 1 aromatic carbocycles. The number of rotatable bonds is 6. The SMILES string of the molecule is O=C(CCSc1ccc(F)cc1)Nc1nc(-c2ccncc2)cs1. The zero-order valence-corrected chi connectivity index (χ0v) is 14.2. The molecule has 0 unspecified atom stereocenters. The highest BCUT2D eigenvalue weighted by Crippen LogP contribution is 2.24. The minimum atomic E-state index is -0.258. The smallest absolute Gasteiger partial charge is 0.226 e. The van der Waals surface area contributed by atoms with Gasteiger partial charge in [-0.05, 0) is 36.4 Å². The molecule has 3 aromatic rings. The first-order chi connectivity index (χ1) is 11.7. The van der Waals surface area contributed by atoms with Crippen molar-refractivity contribution in [2.24, 2.45) is 0 Å². The molecule has 1 amide bonds. The summed E-state index contributed by atoms with van der Waals surface area (Å²) in [6, 6.07) is 10.00. The van der Waals surface area contributed by atoms with Crippen LogP contribution in [0.15, 0.2) is 59.1 Å². The van der Waals surface area contributed by atoms with Gasteiger partial charge < -0.3 is 5.32 Å². The number of pyridine rings is 1. The van der Waals surface area contributed by atoms with Crippen LogP contribution in [0.5, 0.6) is 0 Å². The Morgan fingerprint density at radius 2 is 1.92 bits per heavy atom. The van der Waals surface area contributed by atoms with E-state index in [1.807, 2.05) is 17.5 Å². The second kappa shape index (κ2) is 8.03. The van der Waals surface area contributed by atoms with Crippen molar-refractivity contribution in [3.05, 3.63) is 60.0 Å². The first-order valence-electron chi connectivity index (χ1n) is 7.25. The first-order valence-corrected chi connectivity index (χ1v) is 9.11. The summed E-state index contributed by atoms with van der Waals surface area (Å²) in [7, 11) is 0. The van der Waals surface area contributed by atoms with Crippen LogP contribution in [0.2, 0.25) is 0 Å². The van der Waals surface area contributed by atoms with E-state index in [0.29, 0.717) is 17.3 Å². The molecule has 2 heterocycles. The Kier molecular flexibility index (Phi) is 5.55. The van der Waals surface area contributed by atoms with E-state index < -0.39 is 0 Å². The van der Waals surface area contributed by atoms with Gasteiger partial charge in [0.2, 0.25) is 5.91 Å². The zero-order chi connectivity index (χ0) is 16.8. The van der Waals surface area contributed by atoms with Gasteiger partial charge in [0.15, 0.2) is 5.13 Å². The number of hydrogen-bond donors (Lipinski definition) is 1. The van der Waals surface area contributed by atoms with Crippen molar-refractivity contribution in [3.63, 3.8) is 0 Å². The third kappa shape index (κ3) is 4.62.